The Labute approximate surface area is 121 Å². The number of halogens is 3. The fourth-order valence-electron chi connectivity index (χ4n) is 1.86. The molecule has 0 saturated carbocycles. The molecule has 0 heterocycles. The van der Waals surface area contributed by atoms with Gasteiger partial charge in [0.25, 0.3) is 0 Å². The quantitative estimate of drug-likeness (QED) is 0.899. The molecule has 0 aliphatic heterocycles. The van der Waals surface area contributed by atoms with Crippen LogP contribution < -0.4 is 10.5 Å². The summed E-state index contributed by atoms with van der Waals surface area (Å²) in [5.41, 5.74) is 8.58. The van der Waals surface area contributed by atoms with E-state index < -0.39 is 12.6 Å². The fourth-order valence-corrected chi connectivity index (χ4v) is 1.86. The normalized spacial score (nSPS) is 11.4. The van der Waals surface area contributed by atoms with Crippen LogP contribution in [0.5, 0.6) is 5.75 Å². The molecule has 0 fully saturated rings. The van der Waals surface area contributed by atoms with Gasteiger partial charge in [0, 0.05) is 6.54 Å². The maximum atomic E-state index is 12.0. The molecule has 21 heavy (non-hydrogen) atoms. The van der Waals surface area contributed by atoms with Crippen LogP contribution in [0.4, 0.5) is 13.2 Å². The molecule has 0 unspecified atom stereocenters. The number of ether oxygens (including phenoxy) is 1. The average Bonchev–Trinajstić information content (AvgIpc) is 2.47. The third-order valence-electron chi connectivity index (χ3n) is 3.03. The molecule has 0 saturated heterocycles. The lowest BCUT2D eigenvalue weighted by molar-refractivity contribution is -0.139. The SMILES string of the molecule is NCc1ccc(-c2ccc(OCCC(F)(F)F)cc2)cc1. The van der Waals surface area contributed by atoms with E-state index in [-0.39, 0.29) is 6.61 Å². The Morgan fingerprint density at radius 3 is 1.86 bits per heavy atom. The summed E-state index contributed by atoms with van der Waals surface area (Å²) in [7, 11) is 0. The largest absolute Gasteiger partial charge is 0.493 e. The van der Waals surface area contributed by atoms with Gasteiger partial charge < -0.3 is 10.5 Å². The summed E-state index contributed by atoms with van der Waals surface area (Å²) in [6.45, 7) is 0.125. The van der Waals surface area contributed by atoms with Crippen LogP contribution in [0.1, 0.15) is 12.0 Å². The molecule has 5 heteroatoms. The summed E-state index contributed by atoms with van der Waals surface area (Å²) in [4.78, 5) is 0. The Morgan fingerprint density at radius 1 is 0.857 bits per heavy atom. The minimum Gasteiger partial charge on any atom is -0.493 e. The second kappa shape index (κ2) is 6.63. The van der Waals surface area contributed by atoms with E-state index in [1.54, 1.807) is 12.1 Å². The number of hydrogen-bond acceptors (Lipinski definition) is 2. The van der Waals surface area contributed by atoms with Crippen LogP contribution in [0.3, 0.4) is 0 Å². The number of alkyl halides is 3. The first kappa shape index (κ1) is 15.4. The van der Waals surface area contributed by atoms with Crippen LogP contribution in [-0.2, 0) is 6.54 Å². The zero-order chi connectivity index (χ0) is 15.3. The van der Waals surface area contributed by atoms with Gasteiger partial charge in [-0.25, -0.2) is 0 Å². The van der Waals surface area contributed by atoms with Gasteiger partial charge in [-0.1, -0.05) is 36.4 Å². The second-order valence-corrected chi connectivity index (χ2v) is 4.64. The lowest BCUT2D eigenvalue weighted by atomic mass is 10.0. The number of nitrogens with two attached hydrogens (primary N) is 1. The Kier molecular flexibility index (Phi) is 4.85. The van der Waals surface area contributed by atoms with E-state index in [0.717, 1.165) is 16.7 Å². The molecule has 2 nitrogen and oxygen atoms in total. The Hall–Kier alpha value is -2.01. The van der Waals surface area contributed by atoms with Gasteiger partial charge in [0.2, 0.25) is 0 Å². The molecule has 0 atom stereocenters. The van der Waals surface area contributed by atoms with E-state index in [4.69, 9.17) is 10.5 Å². The summed E-state index contributed by atoms with van der Waals surface area (Å²) in [6, 6.07) is 14.8. The molecule has 2 rings (SSSR count). The standard InChI is InChI=1S/C16H16F3NO/c17-16(18,19)9-10-21-15-7-5-14(6-8-15)13-3-1-12(11-20)2-4-13/h1-8H,9-11,20H2. The van der Waals surface area contributed by atoms with E-state index in [1.165, 1.54) is 0 Å². The smallest absolute Gasteiger partial charge is 0.392 e. The van der Waals surface area contributed by atoms with E-state index >= 15 is 0 Å². The topological polar surface area (TPSA) is 35.2 Å². The van der Waals surface area contributed by atoms with Gasteiger partial charge in [-0.3, -0.25) is 0 Å². The van der Waals surface area contributed by atoms with E-state index in [0.29, 0.717) is 12.3 Å². The van der Waals surface area contributed by atoms with Crippen molar-refractivity contribution in [2.45, 2.75) is 19.1 Å². The fraction of sp³-hybridized carbons (Fsp3) is 0.250. The first-order chi connectivity index (χ1) is 9.98. The Balaban J connectivity index is 1.98. The zero-order valence-corrected chi connectivity index (χ0v) is 11.4. The molecule has 0 aliphatic rings. The van der Waals surface area contributed by atoms with Crippen LogP contribution in [0, 0.1) is 0 Å². The number of benzene rings is 2. The van der Waals surface area contributed by atoms with E-state index in [2.05, 4.69) is 0 Å². The number of rotatable bonds is 5. The highest BCUT2D eigenvalue weighted by Crippen LogP contribution is 2.24. The molecule has 0 bridgehead atoms. The predicted molar refractivity (Wildman–Crippen MR) is 75.9 cm³/mol. The maximum absolute atomic E-state index is 12.0. The summed E-state index contributed by atoms with van der Waals surface area (Å²) >= 11 is 0. The molecule has 0 amide bonds. The minimum absolute atomic E-state index is 0.367. The molecule has 2 aromatic rings. The molecule has 2 aromatic carbocycles. The van der Waals surface area contributed by atoms with Gasteiger partial charge in [-0.2, -0.15) is 13.2 Å². The van der Waals surface area contributed by atoms with Crippen molar-refractivity contribution in [2.24, 2.45) is 5.73 Å². The van der Waals surface area contributed by atoms with Gasteiger partial charge in [0.1, 0.15) is 5.75 Å². The Bertz CT molecular complexity index is 562. The minimum atomic E-state index is -4.19. The molecular formula is C16H16F3NO. The average molecular weight is 295 g/mol. The molecule has 0 spiro atoms. The van der Waals surface area contributed by atoms with Gasteiger partial charge in [-0.05, 0) is 28.8 Å². The van der Waals surface area contributed by atoms with E-state index in [9.17, 15) is 13.2 Å². The Morgan fingerprint density at radius 2 is 1.38 bits per heavy atom. The number of hydrogen-bond donors (Lipinski definition) is 1. The summed E-state index contributed by atoms with van der Waals surface area (Å²) in [5, 5.41) is 0. The molecule has 0 radical (unpaired) electrons. The van der Waals surface area contributed by atoms with Crippen molar-refractivity contribution in [1.82, 2.24) is 0 Å². The summed E-state index contributed by atoms with van der Waals surface area (Å²) in [6.07, 6.45) is -5.14. The maximum Gasteiger partial charge on any atom is 0.392 e. The highest BCUT2D eigenvalue weighted by molar-refractivity contribution is 5.64. The lowest BCUT2D eigenvalue weighted by Crippen LogP contribution is -2.12. The van der Waals surface area contributed by atoms with Crippen molar-refractivity contribution in [1.29, 1.82) is 0 Å². The zero-order valence-electron chi connectivity index (χ0n) is 11.4. The molecule has 0 aromatic heterocycles. The first-order valence-corrected chi connectivity index (χ1v) is 6.57. The van der Waals surface area contributed by atoms with Crippen molar-refractivity contribution in [2.75, 3.05) is 6.61 Å². The van der Waals surface area contributed by atoms with Crippen LogP contribution in [0.2, 0.25) is 0 Å². The molecule has 112 valence electrons. The van der Waals surface area contributed by atoms with Gasteiger partial charge in [0.15, 0.2) is 0 Å². The van der Waals surface area contributed by atoms with Gasteiger partial charge in [0.05, 0.1) is 13.0 Å². The van der Waals surface area contributed by atoms with Crippen molar-refractivity contribution < 1.29 is 17.9 Å². The van der Waals surface area contributed by atoms with Gasteiger partial charge in [-0.15, -0.1) is 0 Å². The van der Waals surface area contributed by atoms with Crippen molar-refractivity contribution >= 4 is 0 Å². The van der Waals surface area contributed by atoms with Crippen molar-refractivity contribution in [3.05, 3.63) is 54.1 Å². The van der Waals surface area contributed by atoms with Crippen molar-refractivity contribution in [3.63, 3.8) is 0 Å². The molecule has 0 aliphatic carbocycles. The lowest BCUT2D eigenvalue weighted by Gasteiger charge is -2.09. The van der Waals surface area contributed by atoms with Crippen LogP contribution in [0.25, 0.3) is 11.1 Å². The highest BCUT2D eigenvalue weighted by atomic mass is 19.4. The first-order valence-electron chi connectivity index (χ1n) is 6.57. The second-order valence-electron chi connectivity index (χ2n) is 4.64. The predicted octanol–water partition coefficient (Wildman–Crippen LogP) is 4.14. The summed E-state index contributed by atoms with van der Waals surface area (Å²) in [5.74, 6) is 0.432. The van der Waals surface area contributed by atoms with Crippen LogP contribution >= 0.6 is 0 Å². The third kappa shape index (κ3) is 4.79. The van der Waals surface area contributed by atoms with Gasteiger partial charge >= 0.3 is 6.18 Å². The van der Waals surface area contributed by atoms with Crippen LogP contribution in [0.15, 0.2) is 48.5 Å². The van der Waals surface area contributed by atoms with Crippen LogP contribution in [-0.4, -0.2) is 12.8 Å². The van der Waals surface area contributed by atoms with E-state index in [1.807, 2.05) is 36.4 Å². The monoisotopic (exact) mass is 295 g/mol. The van der Waals surface area contributed by atoms with Crippen molar-refractivity contribution in [3.8, 4) is 16.9 Å². The third-order valence-corrected chi connectivity index (χ3v) is 3.03. The molecule has 2 N–H and O–H groups in total. The molecular weight excluding hydrogens is 279 g/mol. The summed E-state index contributed by atoms with van der Waals surface area (Å²) < 4.78 is 41.1. The highest BCUT2D eigenvalue weighted by Gasteiger charge is 2.26.